The molecule has 0 bridgehead atoms. The average molecular weight is 305 g/mol. The van der Waals surface area contributed by atoms with Gasteiger partial charge in [0.05, 0.1) is 17.0 Å². The molecule has 0 saturated heterocycles. The van der Waals surface area contributed by atoms with Crippen LogP contribution in [0.4, 0.5) is 8.78 Å². The minimum atomic E-state index is -0.895. The number of ketones is 1. The number of nitrogens with one attached hydrogen (secondary N) is 1. The second-order valence-corrected chi connectivity index (χ2v) is 5.73. The molecule has 0 atom stereocenters. The molecule has 0 saturated carbocycles. The van der Waals surface area contributed by atoms with Gasteiger partial charge in [0.2, 0.25) is 0 Å². The summed E-state index contributed by atoms with van der Waals surface area (Å²) in [5.74, 6) is -2.15. The predicted molar refractivity (Wildman–Crippen MR) is 80.1 cm³/mol. The molecule has 21 heavy (non-hydrogen) atoms. The van der Waals surface area contributed by atoms with Gasteiger partial charge in [-0.05, 0) is 31.2 Å². The Morgan fingerprint density at radius 3 is 2.43 bits per heavy atom. The fourth-order valence-corrected chi connectivity index (χ4v) is 2.50. The number of aryl methyl sites for hydroxylation is 1. The Hall–Kier alpha value is -2.01. The third-order valence-corrected chi connectivity index (χ3v) is 3.71. The van der Waals surface area contributed by atoms with Crippen LogP contribution in [-0.4, -0.2) is 10.8 Å². The van der Waals surface area contributed by atoms with Gasteiger partial charge in [0.1, 0.15) is 11.6 Å². The molecule has 0 radical (unpaired) electrons. The van der Waals surface area contributed by atoms with Gasteiger partial charge in [-0.3, -0.25) is 10.2 Å². The molecule has 2 rings (SSSR count). The van der Waals surface area contributed by atoms with Gasteiger partial charge in [-0.15, -0.1) is 0 Å². The topological polar surface area (TPSA) is 40.9 Å². The fraction of sp³-hybridized carbons (Fsp3) is 0.125. The van der Waals surface area contributed by atoms with E-state index < -0.39 is 17.4 Å². The lowest BCUT2D eigenvalue weighted by molar-refractivity contribution is 0.0997. The Bertz CT molecular complexity index is 683. The summed E-state index contributed by atoms with van der Waals surface area (Å²) in [5.41, 5.74) is 0.918. The van der Waals surface area contributed by atoms with Crippen molar-refractivity contribution in [1.29, 1.82) is 5.41 Å². The molecular formula is C16H13F2NOS. The standard InChI is InChI=1S/C16H13F2NOS/c1-10-2-5-12(6-3-10)21-16(19)9-15(20)13-7-4-11(17)8-14(13)18/h2-8,19H,9H2,1H3. The minimum absolute atomic E-state index is 0.118. The van der Waals surface area contributed by atoms with Crippen LogP contribution in [0.25, 0.3) is 0 Å². The number of benzene rings is 2. The van der Waals surface area contributed by atoms with Gasteiger partial charge in [0.15, 0.2) is 5.78 Å². The summed E-state index contributed by atoms with van der Waals surface area (Å²) in [4.78, 5) is 12.8. The van der Waals surface area contributed by atoms with Crippen molar-refractivity contribution in [2.24, 2.45) is 0 Å². The molecule has 0 amide bonds. The maximum atomic E-state index is 13.5. The van der Waals surface area contributed by atoms with Crippen LogP contribution in [0, 0.1) is 24.0 Å². The lowest BCUT2D eigenvalue weighted by Gasteiger charge is -2.05. The predicted octanol–water partition coefficient (Wildman–Crippen LogP) is 4.62. The van der Waals surface area contributed by atoms with E-state index in [1.807, 2.05) is 31.2 Å². The van der Waals surface area contributed by atoms with E-state index in [4.69, 9.17) is 5.41 Å². The summed E-state index contributed by atoms with van der Waals surface area (Å²) in [7, 11) is 0. The molecule has 108 valence electrons. The van der Waals surface area contributed by atoms with Gasteiger partial charge in [-0.25, -0.2) is 8.78 Å². The number of hydrogen-bond acceptors (Lipinski definition) is 3. The van der Waals surface area contributed by atoms with Crippen molar-refractivity contribution >= 4 is 22.6 Å². The van der Waals surface area contributed by atoms with Crippen molar-refractivity contribution in [2.75, 3.05) is 0 Å². The summed E-state index contributed by atoms with van der Waals surface area (Å²) in [5, 5.41) is 7.94. The fourth-order valence-electron chi connectivity index (χ4n) is 1.74. The lowest BCUT2D eigenvalue weighted by Crippen LogP contribution is -2.07. The highest BCUT2D eigenvalue weighted by molar-refractivity contribution is 8.13. The van der Waals surface area contributed by atoms with Gasteiger partial charge in [0, 0.05) is 11.0 Å². The Balaban J connectivity index is 2.02. The lowest BCUT2D eigenvalue weighted by atomic mass is 10.1. The number of thioether (sulfide) groups is 1. The van der Waals surface area contributed by atoms with Crippen LogP contribution < -0.4 is 0 Å². The van der Waals surface area contributed by atoms with Gasteiger partial charge in [-0.1, -0.05) is 29.5 Å². The largest absolute Gasteiger partial charge is 0.298 e. The van der Waals surface area contributed by atoms with Crippen LogP contribution in [0.3, 0.4) is 0 Å². The molecule has 2 aromatic rings. The molecule has 0 aromatic heterocycles. The summed E-state index contributed by atoms with van der Waals surface area (Å²) < 4.78 is 26.3. The molecule has 0 unspecified atom stereocenters. The first-order valence-corrected chi connectivity index (χ1v) is 7.07. The van der Waals surface area contributed by atoms with Crippen LogP contribution in [0.2, 0.25) is 0 Å². The van der Waals surface area contributed by atoms with E-state index in [0.717, 1.165) is 34.4 Å². The number of carbonyl (C=O) groups is 1. The molecule has 2 nitrogen and oxygen atoms in total. The first-order valence-electron chi connectivity index (χ1n) is 6.26. The summed E-state index contributed by atoms with van der Waals surface area (Å²) in [6, 6.07) is 10.4. The molecule has 0 heterocycles. The molecule has 5 heteroatoms. The van der Waals surface area contributed by atoms with E-state index in [2.05, 4.69) is 0 Å². The van der Waals surface area contributed by atoms with Crippen molar-refractivity contribution in [3.63, 3.8) is 0 Å². The summed E-state index contributed by atoms with van der Waals surface area (Å²) in [6.07, 6.45) is -0.207. The SMILES string of the molecule is Cc1ccc(SC(=N)CC(=O)c2ccc(F)cc2F)cc1. The maximum absolute atomic E-state index is 13.5. The third kappa shape index (κ3) is 4.23. The van der Waals surface area contributed by atoms with E-state index in [9.17, 15) is 13.6 Å². The van der Waals surface area contributed by atoms with Crippen LogP contribution in [0.1, 0.15) is 22.3 Å². The zero-order valence-electron chi connectivity index (χ0n) is 11.3. The second-order valence-electron chi connectivity index (χ2n) is 4.56. The molecule has 0 spiro atoms. The van der Waals surface area contributed by atoms with Gasteiger partial charge >= 0.3 is 0 Å². The maximum Gasteiger partial charge on any atom is 0.172 e. The van der Waals surface area contributed by atoms with E-state index in [-0.39, 0.29) is 17.0 Å². The van der Waals surface area contributed by atoms with E-state index in [1.165, 1.54) is 0 Å². The Morgan fingerprint density at radius 1 is 1.14 bits per heavy atom. The smallest absolute Gasteiger partial charge is 0.172 e. The number of Topliss-reactive ketones (excluding diaryl/α,β-unsaturated/α-hetero) is 1. The molecule has 0 aliphatic heterocycles. The minimum Gasteiger partial charge on any atom is -0.298 e. The molecule has 0 aliphatic rings. The monoisotopic (exact) mass is 305 g/mol. The van der Waals surface area contributed by atoms with Crippen LogP contribution in [0.15, 0.2) is 47.4 Å². The van der Waals surface area contributed by atoms with Crippen molar-refractivity contribution in [2.45, 2.75) is 18.2 Å². The Labute approximate surface area is 125 Å². The molecule has 0 fully saturated rings. The molecule has 0 aliphatic carbocycles. The highest BCUT2D eigenvalue weighted by atomic mass is 32.2. The van der Waals surface area contributed by atoms with Crippen LogP contribution >= 0.6 is 11.8 Å². The average Bonchev–Trinajstić information content (AvgIpc) is 2.41. The van der Waals surface area contributed by atoms with Gasteiger partial charge < -0.3 is 0 Å². The zero-order valence-corrected chi connectivity index (χ0v) is 12.1. The molecule has 1 N–H and O–H groups in total. The van der Waals surface area contributed by atoms with Crippen molar-refractivity contribution in [3.05, 3.63) is 65.2 Å². The number of carbonyl (C=O) groups excluding carboxylic acids is 1. The van der Waals surface area contributed by atoms with E-state index in [1.54, 1.807) is 0 Å². The normalized spacial score (nSPS) is 10.4. The Kier molecular flexibility index (Phi) is 4.85. The first-order chi connectivity index (χ1) is 9.95. The first kappa shape index (κ1) is 15.4. The quantitative estimate of drug-likeness (QED) is 0.388. The Morgan fingerprint density at radius 2 is 1.81 bits per heavy atom. The van der Waals surface area contributed by atoms with Crippen LogP contribution in [-0.2, 0) is 0 Å². The van der Waals surface area contributed by atoms with E-state index in [0.29, 0.717) is 6.07 Å². The van der Waals surface area contributed by atoms with Gasteiger partial charge in [0.25, 0.3) is 0 Å². The third-order valence-electron chi connectivity index (χ3n) is 2.81. The van der Waals surface area contributed by atoms with E-state index >= 15 is 0 Å². The highest BCUT2D eigenvalue weighted by Crippen LogP contribution is 2.22. The van der Waals surface area contributed by atoms with Crippen molar-refractivity contribution in [1.82, 2.24) is 0 Å². The zero-order chi connectivity index (χ0) is 15.4. The second kappa shape index (κ2) is 6.63. The highest BCUT2D eigenvalue weighted by Gasteiger charge is 2.15. The number of halogens is 2. The van der Waals surface area contributed by atoms with Crippen LogP contribution in [0.5, 0.6) is 0 Å². The summed E-state index contributed by atoms with van der Waals surface area (Å²) >= 11 is 1.15. The van der Waals surface area contributed by atoms with Crippen molar-refractivity contribution in [3.8, 4) is 0 Å². The molecular weight excluding hydrogens is 292 g/mol. The summed E-state index contributed by atoms with van der Waals surface area (Å²) in [6.45, 7) is 1.96. The number of rotatable bonds is 4. The molecule has 2 aromatic carbocycles. The number of hydrogen-bond donors (Lipinski definition) is 1. The van der Waals surface area contributed by atoms with Gasteiger partial charge in [-0.2, -0.15) is 0 Å². The van der Waals surface area contributed by atoms with Crippen molar-refractivity contribution < 1.29 is 13.6 Å².